The molecule has 1 aromatic heterocycles. The van der Waals surface area contributed by atoms with Crippen LogP contribution in [-0.2, 0) is 12.8 Å². The summed E-state index contributed by atoms with van der Waals surface area (Å²) in [5.41, 5.74) is 9.31. The van der Waals surface area contributed by atoms with E-state index in [2.05, 4.69) is 139 Å². The molecule has 2 aliphatic rings. The van der Waals surface area contributed by atoms with Gasteiger partial charge in [-0.25, -0.2) is 0 Å². The maximum absolute atomic E-state index is 2.48. The zero-order valence-electron chi connectivity index (χ0n) is 24.2. The minimum Gasteiger partial charge on any atom is -0.310 e. The van der Waals surface area contributed by atoms with E-state index < -0.39 is 0 Å². The second kappa shape index (κ2) is 9.69. The van der Waals surface area contributed by atoms with Crippen LogP contribution >= 0.6 is 11.3 Å². The van der Waals surface area contributed by atoms with Crippen molar-refractivity contribution in [3.8, 4) is 0 Å². The molecule has 7 aromatic rings. The minimum atomic E-state index is 0.573. The number of nitrogens with zero attached hydrogens (tertiary/aromatic N) is 1. The van der Waals surface area contributed by atoms with Gasteiger partial charge in [0.1, 0.15) is 0 Å². The standard InChI is InChI=1S/C41H31NS/c1-26-15-16-28-18-22-38-41(36(28)23-26)35-21-19-31(25-39(35)43-38)42(30-11-3-2-4-12-30)37-24-29-10-6-8-14-33(29)40-32-13-7-5-9-27(32)17-20-34(37)40/h2-6,8-12,14-22,24-26H,7,13,23H2,1H3. The molecule has 0 saturated heterocycles. The van der Waals surface area contributed by atoms with Crippen molar-refractivity contribution in [3.63, 3.8) is 0 Å². The number of hydrogen-bond acceptors (Lipinski definition) is 2. The fourth-order valence-corrected chi connectivity index (χ4v) is 8.60. The summed E-state index contributed by atoms with van der Waals surface area (Å²) < 4.78 is 2.73. The molecule has 2 aliphatic carbocycles. The Kier molecular flexibility index (Phi) is 5.61. The molecule has 1 nitrogen and oxygen atoms in total. The van der Waals surface area contributed by atoms with Crippen LogP contribution in [0.3, 0.4) is 0 Å². The summed E-state index contributed by atoms with van der Waals surface area (Å²) in [4.78, 5) is 2.48. The topological polar surface area (TPSA) is 3.24 Å². The number of rotatable bonds is 3. The highest BCUT2D eigenvalue weighted by molar-refractivity contribution is 7.25. The predicted molar refractivity (Wildman–Crippen MR) is 188 cm³/mol. The van der Waals surface area contributed by atoms with Gasteiger partial charge >= 0.3 is 0 Å². The van der Waals surface area contributed by atoms with Gasteiger partial charge in [0, 0.05) is 36.9 Å². The average Bonchev–Trinajstić information content (AvgIpc) is 3.43. The smallest absolute Gasteiger partial charge is 0.0546 e. The van der Waals surface area contributed by atoms with Crippen molar-refractivity contribution in [3.05, 3.63) is 138 Å². The summed E-state index contributed by atoms with van der Waals surface area (Å²) in [5, 5.41) is 8.15. The van der Waals surface area contributed by atoms with E-state index in [0.29, 0.717) is 5.92 Å². The number of thiophene rings is 1. The minimum absolute atomic E-state index is 0.573. The molecule has 9 rings (SSSR count). The Labute approximate surface area is 256 Å². The van der Waals surface area contributed by atoms with Gasteiger partial charge < -0.3 is 4.90 Å². The van der Waals surface area contributed by atoms with Crippen LogP contribution in [-0.4, -0.2) is 0 Å². The van der Waals surface area contributed by atoms with Gasteiger partial charge in [-0.1, -0.05) is 98.0 Å². The van der Waals surface area contributed by atoms with Gasteiger partial charge in [-0.3, -0.25) is 0 Å². The molecule has 6 aromatic carbocycles. The SMILES string of the molecule is CC1C=Cc2ccc3sc4cc(N(c5ccccc5)c5cc6ccccc6c6c7c(ccc56)C=CCC7)ccc4c3c2C1. The molecule has 1 atom stereocenters. The van der Waals surface area contributed by atoms with Crippen molar-refractivity contribution in [1.82, 2.24) is 0 Å². The highest BCUT2D eigenvalue weighted by Gasteiger charge is 2.22. The fraction of sp³-hybridized carbons (Fsp3) is 0.122. The summed E-state index contributed by atoms with van der Waals surface area (Å²) in [6.45, 7) is 2.32. The van der Waals surface area contributed by atoms with Crippen LogP contribution in [0, 0.1) is 5.92 Å². The quantitative estimate of drug-likeness (QED) is 0.191. The van der Waals surface area contributed by atoms with Gasteiger partial charge in [0.05, 0.1) is 5.69 Å². The second-order valence-corrected chi connectivity index (χ2v) is 13.2. The van der Waals surface area contributed by atoms with E-state index in [4.69, 9.17) is 0 Å². The normalized spacial score (nSPS) is 15.8. The van der Waals surface area contributed by atoms with Crippen LogP contribution in [0.1, 0.15) is 35.6 Å². The molecule has 0 spiro atoms. The van der Waals surface area contributed by atoms with Crippen LogP contribution < -0.4 is 4.90 Å². The third-order valence-corrected chi connectivity index (χ3v) is 10.5. The molecule has 1 heterocycles. The van der Waals surface area contributed by atoms with Crippen LogP contribution in [0.4, 0.5) is 17.1 Å². The lowest BCUT2D eigenvalue weighted by Crippen LogP contribution is -2.11. The molecule has 2 heteroatoms. The maximum Gasteiger partial charge on any atom is 0.0546 e. The molecule has 206 valence electrons. The fourth-order valence-electron chi connectivity index (χ4n) is 7.43. The Balaban J connectivity index is 1.32. The number of para-hydroxylation sites is 1. The Bertz CT molecular complexity index is 2290. The monoisotopic (exact) mass is 569 g/mol. The Morgan fingerprint density at radius 3 is 2.40 bits per heavy atom. The van der Waals surface area contributed by atoms with Crippen LogP contribution in [0.25, 0.3) is 53.9 Å². The Hall–Kier alpha value is -4.66. The summed E-state index contributed by atoms with van der Waals surface area (Å²) in [6.07, 6.45) is 12.6. The molecule has 0 saturated carbocycles. The Morgan fingerprint density at radius 2 is 1.47 bits per heavy atom. The van der Waals surface area contributed by atoms with Crippen molar-refractivity contribution < 1.29 is 0 Å². The third-order valence-electron chi connectivity index (χ3n) is 9.42. The highest BCUT2D eigenvalue weighted by atomic mass is 32.1. The Morgan fingerprint density at radius 1 is 0.651 bits per heavy atom. The first-order chi connectivity index (χ1) is 21.2. The number of anilines is 3. The van der Waals surface area contributed by atoms with Crippen molar-refractivity contribution in [2.45, 2.75) is 26.2 Å². The number of aryl methyl sites for hydroxylation is 1. The zero-order valence-corrected chi connectivity index (χ0v) is 25.0. The van der Waals surface area contributed by atoms with Crippen molar-refractivity contribution in [2.24, 2.45) is 5.92 Å². The number of hydrogen-bond donors (Lipinski definition) is 0. The first kappa shape index (κ1) is 24.9. The largest absolute Gasteiger partial charge is 0.310 e. The number of benzene rings is 6. The first-order valence-electron chi connectivity index (χ1n) is 15.4. The van der Waals surface area contributed by atoms with Crippen molar-refractivity contribution >= 4 is 82.3 Å². The molecule has 0 amide bonds. The summed E-state index contributed by atoms with van der Waals surface area (Å²) in [7, 11) is 0. The molecular formula is C41H31NS. The van der Waals surface area contributed by atoms with Crippen molar-refractivity contribution in [2.75, 3.05) is 4.90 Å². The zero-order chi connectivity index (χ0) is 28.5. The molecular weight excluding hydrogens is 539 g/mol. The van der Waals surface area contributed by atoms with Crippen LogP contribution in [0.5, 0.6) is 0 Å². The van der Waals surface area contributed by atoms with Gasteiger partial charge in [0.15, 0.2) is 0 Å². The number of fused-ring (bicyclic) bond motifs is 10. The van der Waals surface area contributed by atoms with E-state index in [-0.39, 0.29) is 0 Å². The van der Waals surface area contributed by atoms with Gasteiger partial charge in [-0.05, 0) is 100.0 Å². The lowest BCUT2D eigenvalue weighted by Gasteiger charge is -2.28. The highest BCUT2D eigenvalue weighted by Crippen LogP contribution is 2.47. The van der Waals surface area contributed by atoms with Crippen LogP contribution in [0.15, 0.2) is 115 Å². The summed E-state index contributed by atoms with van der Waals surface area (Å²) in [5.74, 6) is 0.573. The van der Waals surface area contributed by atoms with Gasteiger partial charge in [-0.2, -0.15) is 0 Å². The first-order valence-corrected chi connectivity index (χ1v) is 16.2. The van der Waals surface area contributed by atoms with Gasteiger partial charge in [0.25, 0.3) is 0 Å². The summed E-state index contributed by atoms with van der Waals surface area (Å²) in [6, 6.07) is 38.6. The van der Waals surface area contributed by atoms with E-state index >= 15 is 0 Å². The van der Waals surface area contributed by atoms with E-state index in [1.165, 1.54) is 81.0 Å². The predicted octanol–water partition coefficient (Wildman–Crippen LogP) is 12.0. The lowest BCUT2D eigenvalue weighted by molar-refractivity contribution is 0.722. The average molecular weight is 570 g/mol. The van der Waals surface area contributed by atoms with Crippen molar-refractivity contribution in [1.29, 1.82) is 0 Å². The molecule has 1 unspecified atom stereocenters. The molecule has 0 radical (unpaired) electrons. The second-order valence-electron chi connectivity index (χ2n) is 12.1. The van der Waals surface area contributed by atoms with E-state index in [0.717, 1.165) is 19.3 Å². The van der Waals surface area contributed by atoms with Crippen LogP contribution in [0.2, 0.25) is 0 Å². The van der Waals surface area contributed by atoms with E-state index in [9.17, 15) is 0 Å². The molecule has 43 heavy (non-hydrogen) atoms. The molecule has 0 bridgehead atoms. The third kappa shape index (κ3) is 3.90. The number of allylic oxidation sites excluding steroid dienone is 2. The lowest BCUT2D eigenvalue weighted by atomic mass is 9.87. The van der Waals surface area contributed by atoms with Gasteiger partial charge in [-0.15, -0.1) is 11.3 Å². The van der Waals surface area contributed by atoms with E-state index in [1.54, 1.807) is 0 Å². The van der Waals surface area contributed by atoms with Gasteiger partial charge in [0.2, 0.25) is 0 Å². The summed E-state index contributed by atoms with van der Waals surface area (Å²) >= 11 is 1.92. The molecule has 0 aliphatic heterocycles. The molecule has 0 fully saturated rings. The maximum atomic E-state index is 2.48. The molecule has 0 N–H and O–H groups in total. The van der Waals surface area contributed by atoms with E-state index in [1.807, 2.05) is 11.3 Å².